The molecule has 0 aliphatic carbocycles. The molecular weight excluding hydrogens is 224 g/mol. The summed E-state index contributed by atoms with van der Waals surface area (Å²) in [5.74, 6) is 0.677. The number of nitriles is 1. The van der Waals surface area contributed by atoms with Gasteiger partial charge in [-0.15, -0.1) is 0 Å². The SMILES string of the molecule is Cc1ccc(C#N)c(N(C)CC2CCOCC2)c1. The molecule has 0 unspecified atom stereocenters. The summed E-state index contributed by atoms with van der Waals surface area (Å²) in [5.41, 5.74) is 3.00. The highest BCUT2D eigenvalue weighted by Gasteiger charge is 2.17. The zero-order valence-electron chi connectivity index (χ0n) is 11.1. The molecule has 1 fully saturated rings. The summed E-state index contributed by atoms with van der Waals surface area (Å²) in [7, 11) is 2.07. The molecule has 1 aliphatic heterocycles. The number of nitrogens with zero attached hydrogens (tertiary/aromatic N) is 2. The molecule has 0 radical (unpaired) electrons. The van der Waals surface area contributed by atoms with Crippen molar-refractivity contribution in [2.75, 3.05) is 31.7 Å². The van der Waals surface area contributed by atoms with Gasteiger partial charge < -0.3 is 9.64 Å². The molecule has 2 rings (SSSR count). The maximum atomic E-state index is 9.17. The van der Waals surface area contributed by atoms with Crippen molar-refractivity contribution in [2.45, 2.75) is 19.8 Å². The van der Waals surface area contributed by atoms with Gasteiger partial charge in [-0.25, -0.2) is 0 Å². The molecule has 1 aromatic rings. The molecule has 3 nitrogen and oxygen atoms in total. The number of ether oxygens (including phenoxy) is 1. The van der Waals surface area contributed by atoms with Crippen molar-refractivity contribution in [2.24, 2.45) is 5.92 Å². The Labute approximate surface area is 109 Å². The molecule has 0 spiro atoms. The molecule has 18 heavy (non-hydrogen) atoms. The van der Waals surface area contributed by atoms with E-state index in [0.717, 1.165) is 43.9 Å². The van der Waals surface area contributed by atoms with E-state index in [-0.39, 0.29) is 0 Å². The summed E-state index contributed by atoms with van der Waals surface area (Å²) in [6, 6.07) is 8.27. The average Bonchev–Trinajstić information content (AvgIpc) is 2.40. The van der Waals surface area contributed by atoms with Crippen LogP contribution >= 0.6 is 0 Å². The summed E-state index contributed by atoms with van der Waals surface area (Å²) in [6.45, 7) is 4.81. The van der Waals surface area contributed by atoms with E-state index in [0.29, 0.717) is 5.92 Å². The number of benzene rings is 1. The van der Waals surface area contributed by atoms with E-state index in [1.165, 1.54) is 5.56 Å². The average molecular weight is 244 g/mol. The fraction of sp³-hybridized carbons (Fsp3) is 0.533. The predicted molar refractivity (Wildman–Crippen MR) is 72.7 cm³/mol. The van der Waals surface area contributed by atoms with Gasteiger partial charge in [0.1, 0.15) is 6.07 Å². The lowest BCUT2D eigenvalue weighted by atomic mass is 9.99. The fourth-order valence-corrected chi connectivity index (χ4v) is 2.47. The van der Waals surface area contributed by atoms with Gasteiger partial charge >= 0.3 is 0 Å². The van der Waals surface area contributed by atoms with E-state index in [1.807, 2.05) is 12.1 Å². The van der Waals surface area contributed by atoms with Crippen LogP contribution in [0.25, 0.3) is 0 Å². The van der Waals surface area contributed by atoms with Gasteiger partial charge in [-0.05, 0) is 43.4 Å². The second-order valence-corrected chi connectivity index (χ2v) is 5.07. The van der Waals surface area contributed by atoms with Gasteiger partial charge in [0.05, 0.1) is 11.3 Å². The molecule has 1 aliphatic rings. The van der Waals surface area contributed by atoms with Crippen molar-refractivity contribution in [3.8, 4) is 6.07 Å². The van der Waals surface area contributed by atoms with Gasteiger partial charge in [0.25, 0.3) is 0 Å². The molecule has 0 bridgehead atoms. The molecule has 96 valence electrons. The Balaban J connectivity index is 2.10. The summed E-state index contributed by atoms with van der Waals surface area (Å²) in [6.07, 6.45) is 2.25. The van der Waals surface area contributed by atoms with Crippen molar-refractivity contribution in [3.63, 3.8) is 0 Å². The van der Waals surface area contributed by atoms with Crippen LogP contribution in [0.4, 0.5) is 5.69 Å². The maximum Gasteiger partial charge on any atom is 0.101 e. The zero-order chi connectivity index (χ0) is 13.0. The van der Waals surface area contributed by atoms with Crippen LogP contribution in [0.2, 0.25) is 0 Å². The largest absolute Gasteiger partial charge is 0.381 e. The van der Waals surface area contributed by atoms with Crippen LogP contribution in [0.5, 0.6) is 0 Å². The lowest BCUT2D eigenvalue weighted by molar-refractivity contribution is 0.0685. The number of hydrogen-bond donors (Lipinski definition) is 0. The topological polar surface area (TPSA) is 36.3 Å². The minimum absolute atomic E-state index is 0.677. The summed E-state index contributed by atoms with van der Waals surface area (Å²) in [5, 5.41) is 9.17. The Hall–Kier alpha value is -1.53. The second-order valence-electron chi connectivity index (χ2n) is 5.07. The van der Waals surface area contributed by atoms with E-state index in [1.54, 1.807) is 0 Å². The van der Waals surface area contributed by atoms with E-state index >= 15 is 0 Å². The van der Waals surface area contributed by atoms with Crippen molar-refractivity contribution in [1.82, 2.24) is 0 Å². The summed E-state index contributed by atoms with van der Waals surface area (Å²) >= 11 is 0. The third-order valence-corrected chi connectivity index (χ3v) is 3.56. The van der Waals surface area contributed by atoms with Crippen molar-refractivity contribution in [3.05, 3.63) is 29.3 Å². The Morgan fingerprint density at radius 1 is 1.39 bits per heavy atom. The highest BCUT2D eigenvalue weighted by molar-refractivity contribution is 5.60. The molecule has 1 aromatic carbocycles. The van der Waals surface area contributed by atoms with Crippen LogP contribution in [0.3, 0.4) is 0 Å². The molecule has 0 amide bonds. The smallest absolute Gasteiger partial charge is 0.101 e. The number of rotatable bonds is 3. The molecule has 1 heterocycles. The van der Waals surface area contributed by atoms with Crippen molar-refractivity contribution < 1.29 is 4.74 Å². The summed E-state index contributed by atoms with van der Waals surface area (Å²) in [4.78, 5) is 2.21. The third-order valence-electron chi connectivity index (χ3n) is 3.56. The lowest BCUT2D eigenvalue weighted by Crippen LogP contribution is -2.30. The van der Waals surface area contributed by atoms with Crippen LogP contribution in [0.15, 0.2) is 18.2 Å². The summed E-state index contributed by atoms with van der Waals surface area (Å²) < 4.78 is 5.38. The highest BCUT2D eigenvalue weighted by Crippen LogP contribution is 2.24. The number of hydrogen-bond acceptors (Lipinski definition) is 3. The van der Waals surface area contributed by atoms with Crippen molar-refractivity contribution in [1.29, 1.82) is 5.26 Å². The monoisotopic (exact) mass is 244 g/mol. The van der Waals surface area contributed by atoms with Crippen LogP contribution in [-0.4, -0.2) is 26.8 Å². The minimum atomic E-state index is 0.677. The fourth-order valence-electron chi connectivity index (χ4n) is 2.47. The Kier molecular flexibility index (Phi) is 4.22. The van der Waals surface area contributed by atoms with Gasteiger partial charge in [-0.1, -0.05) is 6.07 Å². The second kappa shape index (κ2) is 5.88. The Bertz CT molecular complexity index is 444. The molecule has 3 heteroatoms. The maximum absolute atomic E-state index is 9.17. The first-order valence-electron chi connectivity index (χ1n) is 6.50. The quantitative estimate of drug-likeness (QED) is 0.820. The minimum Gasteiger partial charge on any atom is -0.381 e. The van der Waals surface area contributed by atoms with Gasteiger partial charge in [0.15, 0.2) is 0 Å². The normalized spacial score (nSPS) is 16.3. The molecular formula is C15H20N2O. The first-order chi connectivity index (χ1) is 8.70. The van der Waals surface area contributed by atoms with Gasteiger partial charge in [0.2, 0.25) is 0 Å². The van der Waals surface area contributed by atoms with Crippen LogP contribution < -0.4 is 4.90 Å². The highest BCUT2D eigenvalue weighted by atomic mass is 16.5. The number of anilines is 1. The predicted octanol–water partition coefficient (Wildman–Crippen LogP) is 2.73. The lowest BCUT2D eigenvalue weighted by Gasteiger charge is -2.29. The molecule has 1 saturated heterocycles. The molecule has 0 atom stereocenters. The first-order valence-corrected chi connectivity index (χ1v) is 6.50. The van der Waals surface area contributed by atoms with Crippen molar-refractivity contribution >= 4 is 5.69 Å². The molecule has 0 aromatic heterocycles. The van der Waals surface area contributed by atoms with E-state index in [2.05, 4.69) is 31.0 Å². The third kappa shape index (κ3) is 3.02. The first kappa shape index (κ1) is 12.9. The Morgan fingerprint density at radius 3 is 2.78 bits per heavy atom. The standard InChI is InChI=1S/C15H20N2O/c1-12-3-4-14(10-16)15(9-12)17(2)11-13-5-7-18-8-6-13/h3-4,9,13H,5-8,11H2,1-2H3. The van der Waals surface area contributed by atoms with Gasteiger partial charge in [0, 0.05) is 26.8 Å². The molecule has 0 N–H and O–H groups in total. The van der Waals surface area contributed by atoms with E-state index in [9.17, 15) is 0 Å². The van der Waals surface area contributed by atoms with Gasteiger partial charge in [-0.3, -0.25) is 0 Å². The number of aryl methyl sites for hydroxylation is 1. The zero-order valence-corrected chi connectivity index (χ0v) is 11.1. The van der Waals surface area contributed by atoms with E-state index in [4.69, 9.17) is 10.00 Å². The van der Waals surface area contributed by atoms with E-state index < -0.39 is 0 Å². The van der Waals surface area contributed by atoms with Crippen LogP contribution in [-0.2, 0) is 4.74 Å². The molecule has 0 saturated carbocycles. The Morgan fingerprint density at radius 2 is 2.11 bits per heavy atom. The van der Waals surface area contributed by atoms with Crippen LogP contribution in [0, 0.1) is 24.2 Å². The van der Waals surface area contributed by atoms with Crippen LogP contribution in [0.1, 0.15) is 24.0 Å². The van der Waals surface area contributed by atoms with Gasteiger partial charge in [-0.2, -0.15) is 5.26 Å².